The molecule has 100 valence electrons. The molecule has 1 aromatic carbocycles. The van der Waals surface area contributed by atoms with Crippen LogP contribution >= 0.6 is 11.8 Å². The molecule has 0 spiro atoms. The molecule has 19 heavy (non-hydrogen) atoms. The summed E-state index contributed by atoms with van der Waals surface area (Å²) in [5.41, 5.74) is 1.02. The van der Waals surface area contributed by atoms with Gasteiger partial charge in [0.15, 0.2) is 0 Å². The number of piperidine rings is 1. The highest BCUT2D eigenvalue weighted by atomic mass is 32.2. The lowest BCUT2D eigenvalue weighted by molar-refractivity contribution is 0.320. The third-order valence-corrected chi connectivity index (χ3v) is 4.22. The van der Waals surface area contributed by atoms with Gasteiger partial charge in [0.1, 0.15) is 0 Å². The predicted octanol–water partition coefficient (Wildman–Crippen LogP) is 2.93. The quantitative estimate of drug-likeness (QED) is 0.873. The topological polar surface area (TPSA) is 51.0 Å². The average molecular weight is 275 g/mol. The lowest BCUT2D eigenvalue weighted by atomic mass is 9.98. The van der Waals surface area contributed by atoms with Gasteiger partial charge in [-0.25, -0.2) is 0 Å². The molecule has 2 aromatic rings. The molecule has 0 amide bonds. The fourth-order valence-electron chi connectivity index (χ4n) is 2.33. The van der Waals surface area contributed by atoms with Crippen LogP contribution in [0.25, 0.3) is 11.4 Å². The lowest BCUT2D eigenvalue weighted by Crippen LogP contribution is -2.26. The van der Waals surface area contributed by atoms with Gasteiger partial charge in [-0.1, -0.05) is 5.16 Å². The minimum Gasteiger partial charge on any atom is -0.339 e. The van der Waals surface area contributed by atoms with Crippen molar-refractivity contribution < 1.29 is 4.52 Å². The van der Waals surface area contributed by atoms with Crippen LogP contribution in [0.5, 0.6) is 0 Å². The van der Waals surface area contributed by atoms with Crippen molar-refractivity contribution in [2.45, 2.75) is 23.7 Å². The summed E-state index contributed by atoms with van der Waals surface area (Å²) < 4.78 is 5.42. The normalized spacial score (nSPS) is 16.7. The molecule has 3 rings (SSSR count). The Morgan fingerprint density at radius 3 is 2.63 bits per heavy atom. The molecule has 2 heterocycles. The summed E-state index contributed by atoms with van der Waals surface area (Å²) in [6.07, 6.45) is 4.22. The molecule has 0 saturated carbocycles. The number of benzene rings is 1. The molecular weight excluding hydrogens is 258 g/mol. The van der Waals surface area contributed by atoms with Crippen LogP contribution in [0.2, 0.25) is 0 Å². The second-order valence-corrected chi connectivity index (χ2v) is 5.59. The first kappa shape index (κ1) is 12.7. The fourth-order valence-corrected chi connectivity index (χ4v) is 2.74. The third kappa shape index (κ3) is 2.82. The molecule has 0 aliphatic carbocycles. The van der Waals surface area contributed by atoms with Crippen molar-refractivity contribution in [2.75, 3.05) is 19.3 Å². The maximum atomic E-state index is 5.42. The van der Waals surface area contributed by atoms with E-state index in [2.05, 4.69) is 33.8 Å². The highest BCUT2D eigenvalue weighted by molar-refractivity contribution is 7.98. The van der Waals surface area contributed by atoms with Gasteiger partial charge in [0.05, 0.1) is 0 Å². The first-order valence-electron chi connectivity index (χ1n) is 6.55. The Morgan fingerprint density at radius 1 is 1.21 bits per heavy atom. The standard InChI is InChI=1S/C14H17N3OS/c1-19-12-4-2-10(3-5-12)13-16-14(18-17-13)11-6-8-15-9-7-11/h2-5,11,15H,6-9H2,1H3. The van der Waals surface area contributed by atoms with E-state index >= 15 is 0 Å². The van der Waals surface area contributed by atoms with Gasteiger partial charge in [0, 0.05) is 16.4 Å². The van der Waals surface area contributed by atoms with E-state index in [1.165, 1.54) is 4.90 Å². The zero-order valence-corrected chi connectivity index (χ0v) is 11.7. The van der Waals surface area contributed by atoms with Gasteiger partial charge in [0.2, 0.25) is 11.7 Å². The average Bonchev–Trinajstić information content (AvgIpc) is 2.98. The minimum atomic E-state index is 0.410. The maximum absolute atomic E-state index is 5.42. The Balaban J connectivity index is 1.79. The van der Waals surface area contributed by atoms with Gasteiger partial charge in [-0.15, -0.1) is 11.8 Å². The molecule has 4 nitrogen and oxygen atoms in total. The van der Waals surface area contributed by atoms with E-state index in [1.54, 1.807) is 11.8 Å². The molecule has 1 fully saturated rings. The fraction of sp³-hybridized carbons (Fsp3) is 0.429. The summed E-state index contributed by atoms with van der Waals surface area (Å²) in [5, 5.41) is 7.45. The summed E-state index contributed by atoms with van der Waals surface area (Å²) in [4.78, 5) is 5.79. The van der Waals surface area contributed by atoms with Gasteiger partial charge >= 0.3 is 0 Å². The van der Waals surface area contributed by atoms with Crippen molar-refractivity contribution in [3.05, 3.63) is 30.2 Å². The molecule has 1 aliphatic rings. The van der Waals surface area contributed by atoms with Gasteiger partial charge < -0.3 is 9.84 Å². The minimum absolute atomic E-state index is 0.410. The maximum Gasteiger partial charge on any atom is 0.230 e. The molecule has 0 bridgehead atoms. The third-order valence-electron chi connectivity index (χ3n) is 3.48. The van der Waals surface area contributed by atoms with E-state index in [-0.39, 0.29) is 0 Å². The number of rotatable bonds is 3. The highest BCUT2D eigenvalue weighted by Gasteiger charge is 2.21. The van der Waals surface area contributed by atoms with Crippen LogP contribution in [0.15, 0.2) is 33.7 Å². The number of hydrogen-bond donors (Lipinski definition) is 1. The Morgan fingerprint density at radius 2 is 1.95 bits per heavy atom. The molecule has 1 aromatic heterocycles. The van der Waals surface area contributed by atoms with Crippen LogP contribution in [-0.4, -0.2) is 29.5 Å². The number of hydrogen-bond acceptors (Lipinski definition) is 5. The lowest BCUT2D eigenvalue weighted by Gasteiger charge is -2.18. The SMILES string of the molecule is CSc1ccc(-c2noc(C3CCNCC3)n2)cc1. The van der Waals surface area contributed by atoms with E-state index in [0.717, 1.165) is 37.4 Å². The molecule has 0 radical (unpaired) electrons. The summed E-state index contributed by atoms with van der Waals surface area (Å²) in [6.45, 7) is 2.07. The van der Waals surface area contributed by atoms with E-state index in [0.29, 0.717) is 11.7 Å². The smallest absolute Gasteiger partial charge is 0.230 e. The molecule has 1 saturated heterocycles. The summed E-state index contributed by atoms with van der Waals surface area (Å²) in [6, 6.07) is 8.26. The largest absolute Gasteiger partial charge is 0.339 e. The molecule has 0 atom stereocenters. The van der Waals surface area contributed by atoms with Gasteiger partial charge in [-0.3, -0.25) is 0 Å². The van der Waals surface area contributed by atoms with E-state index in [4.69, 9.17) is 4.52 Å². The zero-order chi connectivity index (χ0) is 13.1. The van der Waals surface area contributed by atoms with Crippen LogP contribution in [0, 0.1) is 0 Å². The van der Waals surface area contributed by atoms with Crippen molar-refractivity contribution in [2.24, 2.45) is 0 Å². The first-order chi connectivity index (χ1) is 9.36. The summed E-state index contributed by atoms with van der Waals surface area (Å²) in [5.74, 6) is 1.89. The second kappa shape index (κ2) is 5.75. The van der Waals surface area contributed by atoms with E-state index < -0.39 is 0 Å². The summed E-state index contributed by atoms with van der Waals surface area (Å²) >= 11 is 1.73. The number of aromatic nitrogens is 2. The van der Waals surface area contributed by atoms with E-state index in [1.807, 2.05) is 12.1 Å². The molecular formula is C14H17N3OS. The van der Waals surface area contributed by atoms with Gasteiger partial charge in [0.25, 0.3) is 0 Å². The number of thioether (sulfide) groups is 1. The molecule has 1 aliphatic heterocycles. The van der Waals surface area contributed by atoms with Crippen LogP contribution in [0.3, 0.4) is 0 Å². The molecule has 0 unspecified atom stereocenters. The van der Waals surface area contributed by atoms with Crippen LogP contribution in [0.1, 0.15) is 24.7 Å². The van der Waals surface area contributed by atoms with Crippen molar-refractivity contribution in [1.29, 1.82) is 0 Å². The van der Waals surface area contributed by atoms with Gasteiger partial charge in [-0.05, 0) is 56.5 Å². The monoisotopic (exact) mass is 275 g/mol. The number of nitrogens with one attached hydrogen (secondary N) is 1. The Hall–Kier alpha value is -1.33. The van der Waals surface area contributed by atoms with E-state index in [9.17, 15) is 0 Å². The van der Waals surface area contributed by atoms with Crippen LogP contribution in [0.4, 0.5) is 0 Å². The van der Waals surface area contributed by atoms with Crippen LogP contribution in [-0.2, 0) is 0 Å². The van der Waals surface area contributed by atoms with Crippen molar-refractivity contribution in [3.63, 3.8) is 0 Å². The number of nitrogens with zero attached hydrogens (tertiary/aromatic N) is 2. The van der Waals surface area contributed by atoms with Crippen molar-refractivity contribution >= 4 is 11.8 Å². The van der Waals surface area contributed by atoms with Gasteiger partial charge in [-0.2, -0.15) is 4.98 Å². The molecule has 5 heteroatoms. The van der Waals surface area contributed by atoms with Crippen LogP contribution < -0.4 is 5.32 Å². The van der Waals surface area contributed by atoms with Crippen molar-refractivity contribution in [1.82, 2.24) is 15.5 Å². The predicted molar refractivity (Wildman–Crippen MR) is 76.4 cm³/mol. The van der Waals surface area contributed by atoms with Crippen molar-refractivity contribution in [3.8, 4) is 11.4 Å². The Bertz CT molecular complexity index is 532. The second-order valence-electron chi connectivity index (χ2n) is 4.71. The highest BCUT2D eigenvalue weighted by Crippen LogP contribution is 2.26. The zero-order valence-electron chi connectivity index (χ0n) is 10.9. The summed E-state index contributed by atoms with van der Waals surface area (Å²) in [7, 11) is 0. The Kier molecular flexibility index (Phi) is 3.84. The Labute approximate surface area is 117 Å². The first-order valence-corrected chi connectivity index (χ1v) is 7.78. The molecule has 1 N–H and O–H groups in total.